The van der Waals surface area contributed by atoms with Crippen LogP contribution in [0.1, 0.15) is 42.6 Å². The van der Waals surface area contributed by atoms with Crippen LogP contribution < -0.4 is 0 Å². The van der Waals surface area contributed by atoms with Crippen molar-refractivity contribution >= 4 is 33.2 Å². The van der Waals surface area contributed by atoms with Crippen LogP contribution in [-0.2, 0) is 4.79 Å². The lowest BCUT2D eigenvalue weighted by Crippen LogP contribution is -2.52. The van der Waals surface area contributed by atoms with Gasteiger partial charge in [-0.25, -0.2) is 4.98 Å². The maximum Gasteiger partial charge on any atom is 0.254 e. The van der Waals surface area contributed by atoms with Gasteiger partial charge in [-0.2, -0.15) is 5.26 Å². The van der Waals surface area contributed by atoms with E-state index in [0.717, 1.165) is 15.2 Å². The highest BCUT2D eigenvalue weighted by Crippen LogP contribution is 2.40. The molecule has 0 bridgehead atoms. The first-order chi connectivity index (χ1) is 12.1. The van der Waals surface area contributed by atoms with E-state index in [4.69, 9.17) is 0 Å². The summed E-state index contributed by atoms with van der Waals surface area (Å²) < 4.78 is 1.05. The lowest BCUT2D eigenvalue weighted by atomic mass is 9.68. The number of fused-ring (bicyclic) bond motifs is 1. The fourth-order valence-electron chi connectivity index (χ4n) is 3.67. The van der Waals surface area contributed by atoms with Gasteiger partial charge in [-0.3, -0.25) is 9.59 Å². The molecule has 1 aliphatic carbocycles. The van der Waals surface area contributed by atoms with Crippen molar-refractivity contribution in [2.45, 2.75) is 39.7 Å². The van der Waals surface area contributed by atoms with Crippen molar-refractivity contribution < 1.29 is 9.59 Å². The van der Waals surface area contributed by atoms with Gasteiger partial charge in [0.15, 0.2) is 5.78 Å². The number of allylic oxidation sites excluding steroid dienone is 1. The van der Waals surface area contributed by atoms with Gasteiger partial charge in [0.2, 0.25) is 0 Å². The molecule has 0 unspecified atom stereocenters. The number of nitrogens with zero attached hydrogens (tertiary/aromatic N) is 3. The van der Waals surface area contributed by atoms with Crippen molar-refractivity contribution in [2.24, 2.45) is 5.41 Å². The fraction of sp³-hybridized carbons (Fsp3) is 0.400. The third kappa shape index (κ3) is 2.93. The van der Waals surface area contributed by atoms with E-state index in [1.165, 1.54) is 0 Å². The molecular weight excluding hydrogens is 346 g/mol. The largest absolute Gasteiger partial charge is 0.333 e. The van der Waals surface area contributed by atoms with Crippen LogP contribution in [0.4, 0.5) is 0 Å². The Balaban J connectivity index is 1.99. The Hall–Kier alpha value is -2.52. The lowest BCUT2D eigenvalue weighted by Gasteiger charge is -2.44. The Kier molecular flexibility index (Phi) is 4.24. The third-order valence-electron chi connectivity index (χ3n) is 5.05. The molecule has 1 aromatic carbocycles. The first-order valence-corrected chi connectivity index (χ1v) is 9.22. The topological polar surface area (TPSA) is 74.1 Å². The molecule has 1 heterocycles. The summed E-state index contributed by atoms with van der Waals surface area (Å²) in [6.07, 6.45) is 2.09. The highest BCUT2D eigenvalue weighted by Gasteiger charge is 2.45. The van der Waals surface area contributed by atoms with Crippen LogP contribution in [0.3, 0.4) is 0 Å². The maximum absolute atomic E-state index is 13.1. The Bertz CT molecular complexity index is 996. The zero-order chi connectivity index (χ0) is 19.3. The molecular formula is C20H21N3O2S. The number of hydrogen-bond donors (Lipinski definition) is 0. The minimum Gasteiger partial charge on any atom is -0.333 e. The molecule has 0 radical (unpaired) electrons. The van der Waals surface area contributed by atoms with Crippen molar-refractivity contribution in [3.05, 3.63) is 40.4 Å². The zero-order valence-electron chi connectivity index (χ0n) is 15.6. The van der Waals surface area contributed by atoms with Crippen LogP contribution in [0.25, 0.3) is 10.2 Å². The number of rotatable bonds is 2. The first-order valence-electron chi connectivity index (χ1n) is 8.40. The minimum absolute atomic E-state index is 0.119. The number of hydrogen-bond acceptors (Lipinski definition) is 5. The lowest BCUT2D eigenvalue weighted by molar-refractivity contribution is -0.125. The summed E-state index contributed by atoms with van der Waals surface area (Å²) >= 11 is 1.59. The molecule has 3 rings (SSSR count). The summed E-state index contributed by atoms with van der Waals surface area (Å²) in [7, 11) is 1.72. The monoisotopic (exact) mass is 367 g/mol. The molecule has 26 heavy (non-hydrogen) atoms. The van der Waals surface area contributed by atoms with Gasteiger partial charge < -0.3 is 4.90 Å². The van der Waals surface area contributed by atoms with Crippen LogP contribution in [-0.4, -0.2) is 34.2 Å². The molecule has 1 aliphatic rings. The smallest absolute Gasteiger partial charge is 0.254 e. The number of likely N-dealkylation sites (N-methyl/N-ethyl adjacent to an activating group) is 1. The number of thiazole rings is 1. The van der Waals surface area contributed by atoms with Gasteiger partial charge >= 0.3 is 0 Å². The number of ketones is 1. The number of amides is 1. The van der Waals surface area contributed by atoms with E-state index in [0.29, 0.717) is 12.0 Å². The number of carbonyl (C=O) groups is 2. The molecule has 5 nitrogen and oxygen atoms in total. The van der Waals surface area contributed by atoms with E-state index in [1.54, 1.807) is 41.5 Å². The molecule has 0 N–H and O–H groups in total. The number of Topliss-reactive ketones (excluding diaryl/α,β-unsaturated/α-hetero) is 1. The summed E-state index contributed by atoms with van der Waals surface area (Å²) in [5, 5.41) is 10.3. The quantitative estimate of drug-likeness (QED) is 0.807. The highest BCUT2D eigenvalue weighted by molar-refractivity contribution is 7.18. The zero-order valence-corrected chi connectivity index (χ0v) is 16.4. The van der Waals surface area contributed by atoms with Crippen molar-refractivity contribution in [2.75, 3.05) is 7.05 Å². The second-order valence-corrected chi connectivity index (χ2v) is 8.93. The Morgan fingerprint density at radius 1 is 1.35 bits per heavy atom. The van der Waals surface area contributed by atoms with Gasteiger partial charge in [0.05, 0.1) is 26.3 Å². The predicted octanol–water partition coefficient (Wildman–Crippen LogP) is 3.88. The summed E-state index contributed by atoms with van der Waals surface area (Å²) in [6, 6.07) is 7.50. The maximum atomic E-state index is 13.1. The average Bonchev–Trinajstić information content (AvgIpc) is 2.95. The van der Waals surface area contributed by atoms with Gasteiger partial charge in [-0.05, 0) is 44.5 Å². The number of aryl methyl sites for hydroxylation is 1. The Morgan fingerprint density at radius 3 is 2.69 bits per heavy atom. The predicted molar refractivity (Wildman–Crippen MR) is 102 cm³/mol. The molecule has 134 valence electrons. The van der Waals surface area contributed by atoms with Crippen molar-refractivity contribution in [1.82, 2.24) is 9.88 Å². The minimum atomic E-state index is -0.716. The molecule has 1 aromatic heterocycles. The molecule has 0 fully saturated rings. The van der Waals surface area contributed by atoms with Crippen LogP contribution in [0.2, 0.25) is 0 Å². The number of nitriles is 1. The molecule has 1 amide bonds. The summed E-state index contributed by atoms with van der Waals surface area (Å²) in [5.41, 5.74) is 0.0671. The normalized spacial score (nSPS) is 22.0. The molecule has 1 atom stereocenters. The van der Waals surface area contributed by atoms with Gasteiger partial charge in [-0.1, -0.05) is 13.8 Å². The average molecular weight is 367 g/mol. The van der Waals surface area contributed by atoms with E-state index in [-0.39, 0.29) is 17.3 Å². The number of benzene rings is 1. The van der Waals surface area contributed by atoms with Gasteiger partial charge in [0.25, 0.3) is 5.91 Å². The second-order valence-electron chi connectivity index (χ2n) is 7.70. The Morgan fingerprint density at radius 2 is 2.04 bits per heavy atom. The van der Waals surface area contributed by atoms with E-state index >= 15 is 0 Å². The molecule has 0 aliphatic heterocycles. The number of carbonyl (C=O) groups excluding carboxylic acids is 2. The van der Waals surface area contributed by atoms with Gasteiger partial charge in [0.1, 0.15) is 6.07 Å². The van der Waals surface area contributed by atoms with Crippen LogP contribution in [0.15, 0.2) is 29.8 Å². The van der Waals surface area contributed by atoms with Crippen molar-refractivity contribution in [1.29, 1.82) is 5.26 Å². The van der Waals surface area contributed by atoms with Gasteiger partial charge in [0, 0.05) is 18.0 Å². The second kappa shape index (κ2) is 6.03. The van der Waals surface area contributed by atoms with Gasteiger partial charge in [-0.15, -0.1) is 11.3 Å². The summed E-state index contributed by atoms with van der Waals surface area (Å²) in [6.45, 7) is 7.47. The van der Waals surface area contributed by atoms with Crippen molar-refractivity contribution in [3.8, 4) is 6.07 Å². The Labute approximate surface area is 156 Å². The first kappa shape index (κ1) is 18.3. The fourth-order valence-corrected chi connectivity index (χ4v) is 4.47. The molecule has 0 spiro atoms. The molecule has 6 heteroatoms. The molecule has 0 saturated carbocycles. The van der Waals surface area contributed by atoms with Crippen LogP contribution in [0.5, 0.6) is 0 Å². The molecule has 0 saturated heterocycles. The SMILES string of the molecule is Cc1nc2cc(C(=O)N(C)[C@]3(C)C=C(C#N)C(=O)C(C)(C)C3)ccc2s1. The van der Waals surface area contributed by atoms with E-state index < -0.39 is 11.0 Å². The summed E-state index contributed by atoms with van der Waals surface area (Å²) in [4.78, 5) is 31.5. The van der Waals surface area contributed by atoms with E-state index in [2.05, 4.69) is 4.98 Å². The summed E-state index contributed by atoms with van der Waals surface area (Å²) in [5.74, 6) is -0.323. The molecule has 2 aromatic rings. The van der Waals surface area contributed by atoms with Crippen LogP contribution >= 0.6 is 11.3 Å². The standard InChI is InChI=1S/C20H21N3O2S/c1-12-22-15-8-13(6-7-16(15)26-12)18(25)23(5)20(4)9-14(10-21)17(24)19(2,3)11-20/h6-9H,11H2,1-5H3/t20-/m1/s1. The van der Waals surface area contributed by atoms with E-state index in [9.17, 15) is 14.9 Å². The van der Waals surface area contributed by atoms with Crippen molar-refractivity contribution in [3.63, 3.8) is 0 Å². The highest BCUT2D eigenvalue weighted by atomic mass is 32.1. The van der Waals surface area contributed by atoms with Crippen LogP contribution in [0, 0.1) is 23.7 Å². The number of aromatic nitrogens is 1. The third-order valence-corrected chi connectivity index (χ3v) is 6.00. The van der Waals surface area contributed by atoms with E-state index in [1.807, 2.05) is 39.8 Å².